The summed E-state index contributed by atoms with van der Waals surface area (Å²) in [4.78, 5) is 0. The van der Waals surface area contributed by atoms with E-state index in [2.05, 4.69) is 48.5 Å². The fourth-order valence-corrected chi connectivity index (χ4v) is 2.86. The van der Waals surface area contributed by atoms with Crippen molar-refractivity contribution in [3.8, 4) is 16.9 Å². The van der Waals surface area contributed by atoms with Crippen molar-refractivity contribution < 1.29 is 4.68 Å². The van der Waals surface area contributed by atoms with E-state index in [4.69, 9.17) is 0 Å². The standard InChI is InChI=1S/C16H16N3S/c1-13-16(14-9-5-3-6-10-14)19(20-2)17-18(13)15-11-7-4-8-12-15/h3-12H,1-2H3/q+1. The summed E-state index contributed by atoms with van der Waals surface area (Å²) in [5, 5.41) is 4.67. The third-order valence-electron chi connectivity index (χ3n) is 3.24. The van der Waals surface area contributed by atoms with Crippen molar-refractivity contribution in [2.75, 3.05) is 6.26 Å². The van der Waals surface area contributed by atoms with Gasteiger partial charge in [0.05, 0.1) is 11.9 Å². The van der Waals surface area contributed by atoms with Crippen molar-refractivity contribution in [1.29, 1.82) is 0 Å². The van der Waals surface area contributed by atoms with Gasteiger partial charge in [-0.2, -0.15) is 0 Å². The zero-order valence-corrected chi connectivity index (χ0v) is 12.3. The summed E-state index contributed by atoms with van der Waals surface area (Å²) in [6, 6.07) is 20.6. The first-order chi connectivity index (χ1) is 9.81. The summed E-state index contributed by atoms with van der Waals surface area (Å²) in [6.45, 7) is 2.11. The highest BCUT2D eigenvalue weighted by Gasteiger charge is 2.24. The Bertz CT molecular complexity index is 705. The minimum Gasteiger partial charge on any atom is -0.0976 e. The maximum absolute atomic E-state index is 4.67. The number of aromatic nitrogens is 3. The first kappa shape index (κ1) is 12.9. The molecule has 2 aromatic carbocycles. The van der Waals surface area contributed by atoms with Crippen LogP contribution in [0.25, 0.3) is 16.9 Å². The molecule has 0 saturated heterocycles. The summed E-state index contributed by atoms with van der Waals surface area (Å²) in [7, 11) is 0. The fraction of sp³-hybridized carbons (Fsp3) is 0.125. The van der Waals surface area contributed by atoms with Crippen molar-refractivity contribution in [2.45, 2.75) is 6.92 Å². The van der Waals surface area contributed by atoms with E-state index in [1.807, 2.05) is 39.3 Å². The number of hydrogen-bond acceptors (Lipinski definition) is 2. The van der Waals surface area contributed by atoms with E-state index in [0.29, 0.717) is 0 Å². The Morgan fingerprint density at radius 2 is 1.55 bits per heavy atom. The molecule has 3 nitrogen and oxygen atoms in total. The number of rotatable bonds is 3. The van der Waals surface area contributed by atoms with Gasteiger partial charge in [-0.25, -0.2) is 0 Å². The Balaban J connectivity index is 2.19. The summed E-state index contributed by atoms with van der Waals surface area (Å²) in [5.74, 6) is 0. The van der Waals surface area contributed by atoms with Crippen molar-refractivity contribution >= 4 is 11.9 Å². The lowest BCUT2D eigenvalue weighted by atomic mass is 10.1. The summed E-state index contributed by atoms with van der Waals surface area (Å²) >= 11 is 1.60. The van der Waals surface area contributed by atoms with E-state index in [0.717, 1.165) is 17.1 Å². The van der Waals surface area contributed by atoms with Crippen LogP contribution in [-0.2, 0) is 0 Å². The highest BCUT2D eigenvalue weighted by atomic mass is 32.2. The minimum atomic E-state index is 1.08. The molecule has 0 aliphatic rings. The molecule has 0 aliphatic carbocycles. The van der Waals surface area contributed by atoms with Crippen LogP contribution in [-0.4, -0.2) is 15.6 Å². The lowest BCUT2D eigenvalue weighted by Crippen LogP contribution is -2.35. The van der Waals surface area contributed by atoms with E-state index < -0.39 is 0 Å². The second kappa shape index (κ2) is 5.51. The van der Waals surface area contributed by atoms with Crippen molar-refractivity contribution in [1.82, 2.24) is 9.30 Å². The third-order valence-corrected chi connectivity index (χ3v) is 3.84. The minimum absolute atomic E-state index is 1.08. The molecule has 4 heteroatoms. The molecule has 0 fully saturated rings. The van der Waals surface area contributed by atoms with E-state index in [9.17, 15) is 0 Å². The van der Waals surface area contributed by atoms with Crippen LogP contribution in [0, 0.1) is 6.92 Å². The van der Waals surface area contributed by atoms with Crippen LogP contribution in [0.1, 0.15) is 5.69 Å². The maximum Gasteiger partial charge on any atom is 0.215 e. The molecular weight excluding hydrogens is 266 g/mol. The van der Waals surface area contributed by atoms with Crippen LogP contribution in [0.4, 0.5) is 0 Å². The van der Waals surface area contributed by atoms with Gasteiger partial charge in [-0.1, -0.05) is 57.3 Å². The van der Waals surface area contributed by atoms with Crippen LogP contribution in [0.5, 0.6) is 0 Å². The molecule has 1 aromatic heterocycles. The van der Waals surface area contributed by atoms with Gasteiger partial charge in [0.2, 0.25) is 5.69 Å². The molecule has 0 N–H and O–H groups in total. The average Bonchev–Trinajstić information content (AvgIpc) is 2.86. The Morgan fingerprint density at radius 1 is 0.950 bits per heavy atom. The van der Waals surface area contributed by atoms with Gasteiger partial charge < -0.3 is 0 Å². The first-order valence-corrected chi connectivity index (χ1v) is 7.66. The quantitative estimate of drug-likeness (QED) is 0.688. The van der Waals surface area contributed by atoms with E-state index in [-0.39, 0.29) is 0 Å². The zero-order chi connectivity index (χ0) is 13.9. The zero-order valence-electron chi connectivity index (χ0n) is 11.5. The number of para-hydroxylation sites is 1. The third kappa shape index (κ3) is 2.23. The molecule has 0 saturated carbocycles. The van der Waals surface area contributed by atoms with Crippen molar-refractivity contribution in [2.24, 2.45) is 0 Å². The SMILES string of the molecule is CSn1n[n+](-c2ccccc2)c(C)c1-c1ccccc1. The van der Waals surface area contributed by atoms with E-state index in [1.54, 1.807) is 11.9 Å². The Labute approximate surface area is 123 Å². The smallest absolute Gasteiger partial charge is 0.0976 e. The second-order valence-corrected chi connectivity index (χ2v) is 5.20. The van der Waals surface area contributed by atoms with Crippen LogP contribution in [0.15, 0.2) is 60.7 Å². The maximum atomic E-state index is 4.67. The molecule has 0 atom stereocenters. The molecule has 0 aliphatic heterocycles. The molecule has 100 valence electrons. The first-order valence-electron chi connectivity index (χ1n) is 6.48. The Hall–Kier alpha value is -2.07. The summed E-state index contributed by atoms with van der Waals surface area (Å²) in [5.41, 5.74) is 4.54. The molecule has 1 heterocycles. The average molecular weight is 282 g/mol. The van der Waals surface area contributed by atoms with Gasteiger partial charge in [0, 0.05) is 18.7 Å². The predicted molar refractivity (Wildman–Crippen MR) is 82.8 cm³/mol. The van der Waals surface area contributed by atoms with Crippen molar-refractivity contribution in [3.05, 3.63) is 66.4 Å². The van der Waals surface area contributed by atoms with E-state index >= 15 is 0 Å². The Morgan fingerprint density at radius 3 is 2.15 bits per heavy atom. The molecule has 3 rings (SSSR count). The van der Waals surface area contributed by atoms with Crippen LogP contribution < -0.4 is 4.68 Å². The van der Waals surface area contributed by atoms with Crippen molar-refractivity contribution in [3.63, 3.8) is 0 Å². The molecule has 0 amide bonds. The molecule has 0 radical (unpaired) electrons. The highest BCUT2D eigenvalue weighted by Crippen LogP contribution is 2.24. The van der Waals surface area contributed by atoms with Crippen LogP contribution in [0.2, 0.25) is 0 Å². The van der Waals surface area contributed by atoms with Crippen LogP contribution in [0.3, 0.4) is 0 Å². The van der Waals surface area contributed by atoms with Gasteiger partial charge in [-0.05, 0) is 12.1 Å². The normalized spacial score (nSPS) is 10.7. The topological polar surface area (TPSA) is 21.7 Å². The van der Waals surface area contributed by atoms with E-state index in [1.165, 1.54) is 5.56 Å². The highest BCUT2D eigenvalue weighted by molar-refractivity contribution is 7.97. The molecular formula is C16H16N3S+. The van der Waals surface area contributed by atoms with Gasteiger partial charge in [-0.15, -0.1) is 0 Å². The van der Waals surface area contributed by atoms with Crippen LogP contribution >= 0.6 is 11.9 Å². The Kier molecular flexibility index (Phi) is 3.56. The number of nitrogens with zero attached hydrogens (tertiary/aromatic N) is 3. The van der Waals surface area contributed by atoms with Gasteiger partial charge in [0.15, 0.2) is 11.4 Å². The lowest BCUT2D eigenvalue weighted by molar-refractivity contribution is -0.666. The fourth-order valence-electron chi connectivity index (χ4n) is 2.29. The lowest BCUT2D eigenvalue weighted by Gasteiger charge is -1.97. The number of hydrogen-bond donors (Lipinski definition) is 0. The van der Waals surface area contributed by atoms with Gasteiger partial charge in [0.25, 0.3) is 0 Å². The summed E-state index contributed by atoms with van der Waals surface area (Å²) in [6.07, 6.45) is 2.04. The summed E-state index contributed by atoms with van der Waals surface area (Å²) < 4.78 is 3.95. The predicted octanol–water partition coefficient (Wildman–Crippen LogP) is 3.26. The molecule has 20 heavy (non-hydrogen) atoms. The van der Waals surface area contributed by atoms with Gasteiger partial charge >= 0.3 is 0 Å². The van der Waals surface area contributed by atoms with Gasteiger partial charge in [0.1, 0.15) is 5.21 Å². The molecule has 3 aromatic rings. The number of benzene rings is 2. The largest absolute Gasteiger partial charge is 0.215 e. The monoisotopic (exact) mass is 282 g/mol. The second-order valence-electron chi connectivity index (χ2n) is 4.49. The molecule has 0 unspecified atom stereocenters. The molecule has 0 bridgehead atoms. The molecule has 0 spiro atoms. The van der Waals surface area contributed by atoms with Gasteiger partial charge in [-0.3, -0.25) is 0 Å².